The maximum atomic E-state index is 5.83. The van der Waals surface area contributed by atoms with Crippen molar-refractivity contribution in [2.45, 2.75) is 5.92 Å². The summed E-state index contributed by atoms with van der Waals surface area (Å²) in [4.78, 5) is 1.43. The van der Waals surface area contributed by atoms with Crippen molar-refractivity contribution in [3.63, 3.8) is 0 Å². The molecular formula is C12H15N5O2. The third-order valence-corrected chi connectivity index (χ3v) is 3.04. The lowest BCUT2D eigenvalue weighted by atomic mass is 9.98. The predicted molar refractivity (Wildman–Crippen MR) is 67.1 cm³/mol. The van der Waals surface area contributed by atoms with Crippen LogP contribution in [0, 0.1) is 0 Å². The van der Waals surface area contributed by atoms with Crippen molar-refractivity contribution >= 4 is 0 Å². The van der Waals surface area contributed by atoms with Gasteiger partial charge in [0.05, 0.1) is 13.0 Å². The molecule has 0 spiro atoms. The Morgan fingerprint density at radius 1 is 1.32 bits per heavy atom. The van der Waals surface area contributed by atoms with Gasteiger partial charge in [0.1, 0.15) is 13.2 Å². The van der Waals surface area contributed by atoms with E-state index in [0.29, 0.717) is 25.6 Å². The smallest absolute Gasteiger partial charge is 0.183 e. The summed E-state index contributed by atoms with van der Waals surface area (Å²) in [7, 11) is 1.73. The molecule has 3 rings (SSSR count). The number of rotatable bonds is 3. The summed E-state index contributed by atoms with van der Waals surface area (Å²) in [5.74, 6) is 2.02. The van der Waals surface area contributed by atoms with E-state index >= 15 is 0 Å². The highest BCUT2D eigenvalue weighted by atomic mass is 16.6. The monoisotopic (exact) mass is 261 g/mol. The predicted octanol–water partition coefficient (Wildman–Crippen LogP) is 0.0719. The molecule has 1 aliphatic rings. The molecule has 1 aromatic heterocycles. The zero-order chi connectivity index (χ0) is 13.2. The van der Waals surface area contributed by atoms with Gasteiger partial charge in [-0.2, -0.15) is 4.80 Å². The first-order chi connectivity index (χ1) is 9.28. The summed E-state index contributed by atoms with van der Waals surface area (Å²) in [5, 5.41) is 12.1. The van der Waals surface area contributed by atoms with Crippen molar-refractivity contribution in [1.82, 2.24) is 20.2 Å². The van der Waals surface area contributed by atoms with E-state index in [1.165, 1.54) is 4.80 Å². The molecule has 1 unspecified atom stereocenters. The molecule has 0 aliphatic carbocycles. The molecule has 1 aliphatic heterocycles. The Kier molecular flexibility index (Phi) is 3.04. The number of benzene rings is 1. The largest absolute Gasteiger partial charge is 0.486 e. The van der Waals surface area contributed by atoms with Gasteiger partial charge in [0, 0.05) is 6.54 Å². The Labute approximate surface area is 110 Å². The fourth-order valence-corrected chi connectivity index (χ4v) is 2.11. The van der Waals surface area contributed by atoms with Gasteiger partial charge in [-0.25, -0.2) is 0 Å². The fraction of sp³-hybridized carbons (Fsp3) is 0.417. The van der Waals surface area contributed by atoms with Crippen molar-refractivity contribution in [1.29, 1.82) is 0 Å². The molecule has 1 aromatic carbocycles. The molecule has 100 valence electrons. The van der Waals surface area contributed by atoms with E-state index in [9.17, 15) is 0 Å². The lowest BCUT2D eigenvalue weighted by molar-refractivity contribution is 0.171. The molecule has 2 aromatic rings. The highest BCUT2D eigenvalue weighted by Crippen LogP contribution is 2.33. The van der Waals surface area contributed by atoms with Gasteiger partial charge in [-0.15, -0.1) is 10.2 Å². The van der Waals surface area contributed by atoms with Crippen molar-refractivity contribution in [3.8, 4) is 11.5 Å². The molecule has 7 nitrogen and oxygen atoms in total. The molecule has 0 saturated carbocycles. The van der Waals surface area contributed by atoms with Crippen LogP contribution in [0.3, 0.4) is 0 Å². The number of nitrogens with zero attached hydrogens (tertiary/aromatic N) is 4. The van der Waals surface area contributed by atoms with E-state index in [2.05, 4.69) is 15.4 Å². The van der Waals surface area contributed by atoms with Gasteiger partial charge in [0.2, 0.25) is 0 Å². The molecule has 0 bridgehead atoms. The number of ether oxygens (including phenoxy) is 2. The summed E-state index contributed by atoms with van der Waals surface area (Å²) in [6, 6.07) is 5.78. The first-order valence-electron chi connectivity index (χ1n) is 6.11. The molecular weight excluding hydrogens is 246 g/mol. The standard InChI is InChI=1S/C12H15N5O2/c1-17-15-12(14-16-17)9(7-13)8-2-3-10-11(6-8)19-5-4-18-10/h2-3,6,9H,4-5,7,13H2,1H3. The van der Waals surface area contributed by atoms with Crippen LogP contribution in [-0.4, -0.2) is 40.0 Å². The van der Waals surface area contributed by atoms with Crippen LogP contribution in [0.2, 0.25) is 0 Å². The zero-order valence-corrected chi connectivity index (χ0v) is 10.6. The highest BCUT2D eigenvalue weighted by molar-refractivity contribution is 5.45. The maximum Gasteiger partial charge on any atom is 0.183 e. The lowest BCUT2D eigenvalue weighted by Gasteiger charge is -2.20. The van der Waals surface area contributed by atoms with Crippen LogP contribution >= 0.6 is 0 Å². The average Bonchev–Trinajstić information content (AvgIpc) is 2.86. The summed E-state index contributed by atoms with van der Waals surface area (Å²) in [6.45, 7) is 1.55. The fourth-order valence-electron chi connectivity index (χ4n) is 2.11. The summed E-state index contributed by atoms with van der Waals surface area (Å²) < 4.78 is 11.1. The van der Waals surface area contributed by atoms with Gasteiger partial charge in [-0.3, -0.25) is 0 Å². The van der Waals surface area contributed by atoms with Crippen LogP contribution in [-0.2, 0) is 7.05 Å². The normalized spacial score (nSPS) is 15.3. The van der Waals surface area contributed by atoms with E-state index in [1.54, 1.807) is 7.05 Å². The Morgan fingerprint density at radius 2 is 2.11 bits per heavy atom. The number of tetrazole rings is 1. The Balaban J connectivity index is 1.95. The number of fused-ring (bicyclic) bond motifs is 1. The number of hydrogen-bond acceptors (Lipinski definition) is 6. The second-order valence-electron chi connectivity index (χ2n) is 4.33. The first-order valence-corrected chi connectivity index (χ1v) is 6.11. The third kappa shape index (κ3) is 2.24. The summed E-state index contributed by atoms with van der Waals surface area (Å²) in [5.41, 5.74) is 6.83. The minimum absolute atomic E-state index is 0.0930. The molecule has 2 heterocycles. The SMILES string of the molecule is Cn1nnc(C(CN)c2ccc3c(c2)OCCO3)n1. The van der Waals surface area contributed by atoms with Crippen LogP contribution in [0.25, 0.3) is 0 Å². The molecule has 0 amide bonds. The van der Waals surface area contributed by atoms with Gasteiger partial charge in [0.25, 0.3) is 0 Å². The van der Waals surface area contributed by atoms with Crippen molar-refractivity contribution in [2.75, 3.05) is 19.8 Å². The van der Waals surface area contributed by atoms with Gasteiger partial charge >= 0.3 is 0 Å². The minimum atomic E-state index is -0.0930. The van der Waals surface area contributed by atoms with Gasteiger partial charge < -0.3 is 15.2 Å². The van der Waals surface area contributed by atoms with Crippen LogP contribution in [0.1, 0.15) is 17.3 Å². The van der Waals surface area contributed by atoms with E-state index < -0.39 is 0 Å². The zero-order valence-electron chi connectivity index (χ0n) is 10.6. The Hall–Kier alpha value is -2.15. The number of aromatic nitrogens is 4. The molecule has 0 fully saturated rings. The maximum absolute atomic E-state index is 5.83. The topological polar surface area (TPSA) is 88.1 Å². The lowest BCUT2D eigenvalue weighted by Crippen LogP contribution is -2.18. The third-order valence-electron chi connectivity index (χ3n) is 3.04. The Morgan fingerprint density at radius 3 is 2.79 bits per heavy atom. The van der Waals surface area contributed by atoms with Crippen molar-refractivity contribution < 1.29 is 9.47 Å². The molecule has 19 heavy (non-hydrogen) atoms. The molecule has 0 radical (unpaired) electrons. The van der Waals surface area contributed by atoms with Crippen molar-refractivity contribution in [2.24, 2.45) is 12.8 Å². The Bertz CT molecular complexity index is 583. The molecule has 0 saturated heterocycles. The molecule has 1 atom stereocenters. The van der Waals surface area contributed by atoms with E-state index in [1.807, 2.05) is 18.2 Å². The van der Waals surface area contributed by atoms with E-state index in [0.717, 1.165) is 17.1 Å². The highest BCUT2D eigenvalue weighted by Gasteiger charge is 2.20. The van der Waals surface area contributed by atoms with Crippen LogP contribution < -0.4 is 15.2 Å². The van der Waals surface area contributed by atoms with E-state index in [4.69, 9.17) is 15.2 Å². The van der Waals surface area contributed by atoms with E-state index in [-0.39, 0.29) is 5.92 Å². The quantitative estimate of drug-likeness (QED) is 0.841. The molecule has 2 N–H and O–H groups in total. The van der Waals surface area contributed by atoms with Gasteiger partial charge in [0.15, 0.2) is 17.3 Å². The second kappa shape index (κ2) is 4.85. The number of hydrogen-bond donors (Lipinski definition) is 1. The van der Waals surface area contributed by atoms with Gasteiger partial charge in [-0.05, 0) is 22.9 Å². The first kappa shape index (κ1) is 11.9. The second-order valence-corrected chi connectivity index (χ2v) is 4.33. The van der Waals surface area contributed by atoms with Gasteiger partial charge in [-0.1, -0.05) is 6.07 Å². The van der Waals surface area contributed by atoms with Crippen LogP contribution in [0.5, 0.6) is 11.5 Å². The van der Waals surface area contributed by atoms with Crippen LogP contribution in [0.15, 0.2) is 18.2 Å². The number of nitrogens with two attached hydrogens (primary N) is 1. The average molecular weight is 261 g/mol. The summed E-state index contributed by atoms with van der Waals surface area (Å²) in [6.07, 6.45) is 0. The van der Waals surface area contributed by atoms with Crippen LogP contribution in [0.4, 0.5) is 0 Å². The number of aryl methyl sites for hydroxylation is 1. The minimum Gasteiger partial charge on any atom is -0.486 e. The molecule has 7 heteroatoms. The summed E-state index contributed by atoms with van der Waals surface area (Å²) >= 11 is 0. The van der Waals surface area contributed by atoms with Crippen molar-refractivity contribution in [3.05, 3.63) is 29.6 Å².